The van der Waals surface area contributed by atoms with Gasteiger partial charge in [0.15, 0.2) is 11.0 Å². The molecule has 0 aromatic heterocycles. The van der Waals surface area contributed by atoms with Gasteiger partial charge < -0.3 is 14.2 Å². The van der Waals surface area contributed by atoms with Gasteiger partial charge in [0.2, 0.25) is 5.91 Å². The molecule has 0 radical (unpaired) electrons. The van der Waals surface area contributed by atoms with E-state index in [0.717, 1.165) is 11.1 Å². The first kappa shape index (κ1) is 24.0. The van der Waals surface area contributed by atoms with Crippen LogP contribution in [0.3, 0.4) is 0 Å². The lowest BCUT2D eigenvalue weighted by atomic mass is 9.75. The highest BCUT2D eigenvalue weighted by molar-refractivity contribution is 6.08. The number of methoxy groups -OCH3 is 1. The molecule has 0 N–H and O–H groups in total. The quantitative estimate of drug-likeness (QED) is 0.480. The molecule has 0 unspecified atom stereocenters. The molecule has 2 aliphatic heterocycles. The van der Waals surface area contributed by atoms with Gasteiger partial charge in [-0.3, -0.25) is 14.5 Å². The summed E-state index contributed by atoms with van der Waals surface area (Å²) in [6.45, 7) is 5.81. The van der Waals surface area contributed by atoms with Crippen LogP contribution in [0.1, 0.15) is 38.3 Å². The smallest absolute Gasteiger partial charge is 0.334 e. The topological polar surface area (TPSA) is 82.1 Å². The first-order valence-corrected chi connectivity index (χ1v) is 11.4. The largest absolute Gasteiger partial charge is 0.467 e. The Labute approximate surface area is 200 Å². The van der Waals surface area contributed by atoms with E-state index in [1.54, 1.807) is 0 Å². The van der Waals surface area contributed by atoms with Crippen LogP contribution in [0.2, 0.25) is 0 Å². The van der Waals surface area contributed by atoms with Crippen LogP contribution in [0, 0.1) is 10.8 Å². The van der Waals surface area contributed by atoms with Crippen LogP contribution in [-0.4, -0.2) is 48.2 Å². The summed E-state index contributed by atoms with van der Waals surface area (Å²) in [7, 11) is 1.29. The van der Waals surface area contributed by atoms with Crippen LogP contribution in [0.15, 0.2) is 60.7 Å². The maximum absolute atomic E-state index is 14.2. The van der Waals surface area contributed by atoms with Gasteiger partial charge in [0, 0.05) is 11.8 Å². The zero-order chi connectivity index (χ0) is 24.6. The molecule has 2 aliphatic rings. The fourth-order valence-electron chi connectivity index (χ4n) is 5.06. The molecule has 34 heavy (non-hydrogen) atoms. The van der Waals surface area contributed by atoms with E-state index in [0.29, 0.717) is 0 Å². The molecular weight excluding hydrogens is 434 g/mol. The van der Waals surface area contributed by atoms with Crippen molar-refractivity contribution in [2.45, 2.75) is 52.0 Å². The second kappa shape index (κ2) is 8.87. The van der Waals surface area contributed by atoms with Crippen molar-refractivity contribution in [3.05, 3.63) is 71.8 Å². The number of hydrogen-bond acceptors (Lipinski definition) is 6. The fraction of sp³-hybridized carbons (Fsp3) is 0.444. The maximum atomic E-state index is 14.2. The molecule has 180 valence electrons. The van der Waals surface area contributed by atoms with E-state index >= 15 is 0 Å². The first-order valence-electron chi connectivity index (χ1n) is 11.4. The number of ether oxygens (including phenoxy) is 3. The Balaban J connectivity index is 1.76. The molecule has 0 bridgehead atoms. The van der Waals surface area contributed by atoms with Crippen molar-refractivity contribution in [1.29, 1.82) is 0 Å². The molecule has 7 heteroatoms. The van der Waals surface area contributed by atoms with Gasteiger partial charge in [-0.1, -0.05) is 81.4 Å². The van der Waals surface area contributed by atoms with E-state index in [1.165, 1.54) is 12.0 Å². The summed E-state index contributed by atoms with van der Waals surface area (Å²) in [6, 6.07) is 18.6. The summed E-state index contributed by atoms with van der Waals surface area (Å²) in [5, 5.41) is 0. The SMILES string of the molecule is COC(=O)[C@@]12CO[C@@H](C(C)(C)C)N1C(=O)[C@](Cc1ccccc1)(C(=O)OCc1ccccc1)C2. The van der Waals surface area contributed by atoms with Crippen molar-refractivity contribution < 1.29 is 28.6 Å². The van der Waals surface area contributed by atoms with Gasteiger partial charge in [0.25, 0.3) is 0 Å². The number of hydrogen-bond donors (Lipinski definition) is 0. The maximum Gasteiger partial charge on any atom is 0.334 e. The highest BCUT2D eigenvalue weighted by atomic mass is 16.6. The van der Waals surface area contributed by atoms with Gasteiger partial charge >= 0.3 is 11.9 Å². The lowest BCUT2D eigenvalue weighted by Crippen LogP contribution is -2.55. The van der Waals surface area contributed by atoms with Crippen molar-refractivity contribution >= 4 is 17.8 Å². The summed E-state index contributed by atoms with van der Waals surface area (Å²) < 4.78 is 16.8. The van der Waals surface area contributed by atoms with Crippen LogP contribution in [-0.2, 0) is 41.6 Å². The molecule has 2 fully saturated rings. The third-order valence-electron chi connectivity index (χ3n) is 6.66. The molecule has 0 spiro atoms. The van der Waals surface area contributed by atoms with Crippen molar-refractivity contribution in [1.82, 2.24) is 4.90 Å². The Morgan fingerprint density at radius 3 is 2.15 bits per heavy atom. The summed E-state index contributed by atoms with van der Waals surface area (Å²) in [5.41, 5.74) is -1.82. The predicted octanol–water partition coefficient (Wildman–Crippen LogP) is 3.51. The van der Waals surface area contributed by atoms with Crippen molar-refractivity contribution in [2.75, 3.05) is 13.7 Å². The Morgan fingerprint density at radius 2 is 1.59 bits per heavy atom. The van der Waals surface area contributed by atoms with Crippen LogP contribution in [0.4, 0.5) is 0 Å². The fourth-order valence-corrected chi connectivity index (χ4v) is 5.06. The second-order valence-corrected chi connectivity index (χ2v) is 10.2. The minimum atomic E-state index is -1.57. The standard InChI is InChI=1S/C27H31NO6/c1-25(2,3)22-28-21(29)26(15-19-11-7-5-8-12-19,17-27(28,18-34-22)24(31)32-4)23(30)33-16-20-13-9-6-10-14-20/h5-14,22H,15-18H2,1-4H3/t22-,26+,27+/m0/s1. The van der Waals surface area contributed by atoms with E-state index in [-0.39, 0.29) is 26.1 Å². The molecule has 2 saturated heterocycles. The number of fused-ring (bicyclic) bond motifs is 1. The molecule has 1 amide bonds. The Hall–Kier alpha value is -3.19. The summed E-state index contributed by atoms with van der Waals surface area (Å²) in [5.74, 6) is -1.69. The normalized spacial score (nSPS) is 26.3. The number of carbonyl (C=O) groups excluding carboxylic acids is 3. The van der Waals surface area contributed by atoms with Crippen molar-refractivity contribution in [3.63, 3.8) is 0 Å². The van der Waals surface area contributed by atoms with E-state index in [9.17, 15) is 14.4 Å². The lowest BCUT2D eigenvalue weighted by Gasteiger charge is -2.36. The Kier molecular flexibility index (Phi) is 6.25. The van der Waals surface area contributed by atoms with E-state index in [1.807, 2.05) is 81.4 Å². The van der Waals surface area contributed by atoms with Crippen molar-refractivity contribution in [3.8, 4) is 0 Å². The number of carbonyl (C=O) groups is 3. The van der Waals surface area contributed by atoms with Gasteiger partial charge in [-0.15, -0.1) is 0 Å². The van der Waals surface area contributed by atoms with Crippen LogP contribution >= 0.6 is 0 Å². The lowest BCUT2D eigenvalue weighted by molar-refractivity contribution is -0.167. The summed E-state index contributed by atoms with van der Waals surface area (Å²) in [6.07, 6.45) is -0.633. The highest BCUT2D eigenvalue weighted by Crippen LogP contribution is 2.53. The Bertz CT molecular complexity index is 1060. The first-order chi connectivity index (χ1) is 16.1. The van der Waals surface area contributed by atoms with E-state index < -0.39 is 40.4 Å². The van der Waals surface area contributed by atoms with Gasteiger partial charge in [-0.25, -0.2) is 4.79 Å². The van der Waals surface area contributed by atoms with E-state index in [4.69, 9.17) is 14.2 Å². The third-order valence-corrected chi connectivity index (χ3v) is 6.66. The van der Waals surface area contributed by atoms with Crippen LogP contribution in [0.25, 0.3) is 0 Å². The second-order valence-electron chi connectivity index (χ2n) is 10.2. The predicted molar refractivity (Wildman–Crippen MR) is 124 cm³/mol. The molecule has 0 saturated carbocycles. The van der Waals surface area contributed by atoms with Gasteiger partial charge in [-0.2, -0.15) is 0 Å². The average Bonchev–Trinajstić information content (AvgIpc) is 3.33. The third kappa shape index (κ3) is 3.98. The van der Waals surface area contributed by atoms with Crippen molar-refractivity contribution in [2.24, 2.45) is 10.8 Å². The summed E-state index contributed by atoms with van der Waals surface area (Å²) >= 11 is 0. The minimum Gasteiger partial charge on any atom is -0.467 e. The van der Waals surface area contributed by atoms with Crippen LogP contribution in [0.5, 0.6) is 0 Å². The number of nitrogens with zero attached hydrogens (tertiary/aromatic N) is 1. The zero-order valence-corrected chi connectivity index (χ0v) is 20.1. The van der Waals surface area contributed by atoms with Gasteiger partial charge in [0.05, 0.1) is 13.7 Å². The number of rotatable bonds is 6. The number of amides is 1. The van der Waals surface area contributed by atoms with Gasteiger partial charge in [0.1, 0.15) is 12.8 Å². The Morgan fingerprint density at radius 1 is 1.00 bits per heavy atom. The molecule has 4 rings (SSSR count). The number of esters is 2. The summed E-state index contributed by atoms with van der Waals surface area (Å²) in [4.78, 5) is 42.5. The average molecular weight is 466 g/mol. The molecule has 2 aromatic carbocycles. The van der Waals surface area contributed by atoms with Crippen LogP contribution < -0.4 is 0 Å². The zero-order valence-electron chi connectivity index (χ0n) is 20.1. The van der Waals surface area contributed by atoms with Gasteiger partial charge in [-0.05, 0) is 17.5 Å². The molecule has 7 nitrogen and oxygen atoms in total. The molecule has 2 heterocycles. The highest BCUT2D eigenvalue weighted by Gasteiger charge is 2.72. The monoisotopic (exact) mass is 465 g/mol. The molecule has 3 atom stereocenters. The molecular formula is C27H31NO6. The van der Waals surface area contributed by atoms with E-state index in [2.05, 4.69) is 0 Å². The number of benzene rings is 2. The molecule has 2 aromatic rings. The minimum absolute atomic E-state index is 0.0319. The molecule has 0 aliphatic carbocycles.